The molecule has 2 heterocycles. The zero-order valence-corrected chi connectivity index (χ0v) is 17.4. The van der Waals surface area contributed by atoms with E-state index in [4.69, 9.17) is 0 Å². The van der Waals surface area contributed by atoms with Crippen molar-refractivity contribution >= 4 is 17.4 Å². The number of halogens is 1. The van der Waals surface area contributed by atoms with Gasteiger partial charge in [-0.3, -0.25) is 4.90 Å². The summed E-state index contributed by atoms with van der Waals surface area (Å²) in [6.07, 6.45) is 6.54. The number of nitrogens with zero attached hydrogens (tertiary/aromatic N) is 3. The number of hydrazine groups is 1. The number of aryl methyl sites for hydroxylation is 1. The van der Waals surface area contributed by atoms with Crippen LogP contribution < -0.4 is 9.91 Å². The molecule has 2 unspecified atom stereocenters. The molecule has 0 saturated carbocycles. The third kappa shape index (κ3) is 4.01. The molecule has 4 rings (SSSR count). The van der Waals surface area contributed by atoms with E-state index >= 15 is 0 Å². The van der Waals surface area contributed by atoms with Gasteiger partial charge in [-0.2, -0.15) is 0 Å². The third-order valence-corrected chi connectivity index (χ3v) is 6.14. The zero-order chi connectivity index (χ0) is 20.4. The molecule has 29 heavy (non-hydrogen) atoms. The van der Waals surface area contributed by atoms with Crippen molar-refractivity contribution in [2.45, 2.75) is 64.5 Å². The summed E-state index contributed by atoms with van der Waals surface area (Å²) in [5.74, 6) is -0.323. The second kappa shape index (κ2) is 8.54. The van der Waals surface area contributed by atoms with Crippen LogP contribution in [0.1, 0.15) is 51.0 Å². The van der Waals surface area contributed by atoms with Crippen molar-refractivity contribution in [1.29, 1.82) is 0 Å². The minimum atomic E-state index is -0.323. The van der Waals surface area contributed by atoms with Gasteiger partial charge < -0.3 is 0 Å². The van der Waals surface area contributed by atoms with E-state index in [1.54, 1.807) is 11.0 Å². The van der Waals surface area contributed by atoms with Crippen molar-refractivity contribution in [3.63, 3.8) is 0 Å². The molecule has 0 aliphatic carbocycles. The Hall–Kier alpha value is -2.40. The van der Waals surface area contributed by atoms with E-state index in [0.29, 0.717) is 24.3 Å². The van der Waals surface area contributed by atoms with E-state index in [2.05, 4.69) is 11.9 Å². The molecule has 2 aromatic rings. The van der Waals surface area contributed by atoms with Crippen LogP contribution in [0.15, 0.2) is 48.5 Å². The average molecular weight is 396 g/mol. The maximum atomic E-state index is 13.9. The summed E-state index contributed by atoms with van der Waals surface area (Å²) in [5, 5.41) is 4.19. The van der Waals surface area contributed by atoms with Gasteiger partial charge in [0.2, 0.25) is 0 Å². The van der Waals surface area contributed by atoms with E-state index in [9.17, 15) is 9.18 Å². The Balaban J connectivity index is 1.74. The van der Waals surface area contributed by atoms with Gasteiger partial charge in [-0.25, -0.2) is 19.2 Å². The predicted octanol–water partition coefficient (Wildman–Crippen LogP) is 5.91. The summed E-state index contributed by atoms with van der Waals surface area (Å²) < 4.78 is 13.9. The van der Waals surface area contributed by atoms with Crippen LogP contribution >= 0.6 is 0 Å². The quantitative estimate of drug-likeness (QED) is 0.629. The number of benzene rings is 2. The lowest BCUT2D eigenvalue weighted by Crippen LogP contribution is -2.58. The topological polar surface area (TPSA) is 26.8 Å². The van der Waals surface area contributed by atoms with Crippen LogP contribution in [0.3, 0.4) is 0 Å². The molecule has 2 amide bonds. The van der Waals surface area contributed by atoms with Crippen LogP contribution in [-0.2, 0) is 0 Å². The Kier molecular flexibility index (Phi) is 5.86. The summed E-state index contributed by atoms with van der Waals surface area (Å²) in [6.45, 7) is 4.64. The minimum absolute atomic E-state index is 0.0971. The minimum Gasteiger partial charge on any atom is -0.293 e. The lowest BCUT2D eigenvalue weighted by Gasteiger charge is -2.44. The van der Waals surface area contributed by atoms with Crippen LogP contribution in [0.2, 0.25) is 0 Å². The Morgan fingerprint density at radius 1 is 1.03 bits per heavy atom. The monoisotopic (exact) mass is 395 g/mol. The van der Waals surface area contributed by atoms with E-state index in [1.807, 2.05) is 42.3 Å². The molecule has 154 valence electrons. The molecule has 0 N–H and O–H groups in total. The van der Waals surface area contributed by atoms with Crippen molar-refractivity contribution in [3.8, 4) is 0 Å². The van der Waals surface area contributed by atoms with Gasteiger partial charge in [0.25, 0.3) is 0 Å². The van der Waals surface area contributed by atoms with E-state index in [0.717, 1.165) is 37.8 Å². The Labute approximate surface area is 172 Å². The van der Waals surface area contributed by atoms with Gasteiger partial charge in [0.15, 0.2) is 0 Å². The van der Waals surface area contributed by atoms with Gasteiger partial charge in [-0.1, -0.05) is 37.1 Å². The summed E-state index contributed by atoms with van der Waals surface area (Å²) in [6, 6.07) is 15.2. The zero-order valence-electron chi connectivity index (χ0n) is 17.4. The Morgan fingerprint density at radius 3 is 2.34 bits per heavy atom. The van der Waals surface area contributed by atoms with Crippen LogP contribution in [0.5, 0.6) is 0 Å². The number of fused-ring (bicyclic) bond motifs is 2. The van der Waals surface area contributed by atoms with Gasteiger partial charge in [-0.15, -0.1) is 0 Å². The van der Waals surface area contributed by atoms with Crippen LogP contribution in [0.25, 0.3) is 0 Å². The Bertz CT molecular complexity index is 837. The number of urea groups is 1. The first kappa shape index (κ1) is 19.9. The lowest BCUT2D eigenvalue weighted by molar-refractivity contribution is 0.129. The number of carbonyl (C=O) groups is 1. The first-order valence-corrected chi connectivity index (χ1v) is 10.8. The fraction of sp³-hybridized carbons (Fsp3) is 0.458. The number of carbonyl (C=O) groups excluding carboxylic acids is 1. The van der Waals surface area contributed by atoms with Gasteiger partial charge in [0.05, 0.1) is 5.69 Å². The maximum absolute atomic E-state index is 13.9. The fourth-order valence-electron chi connectivity index (χ4n) is 4.76. The SMILES string of the molecule is CCCN(C(=O)N(c1ccc(C)cc1)N1C2CCCC1CC2)c1cccc(F)c1. The van der Waals surface area contributed by atoms with Crippen molar-refractivity contribution in [2.75, 3.05) is 16.5 Å². The fourth-order valence-corrected chi connectivity index (χ4v) is 4.76. The van der Waals surface area contributed by atoms with Gasteiger partial charge in [0, 0.05) is 24.3 Å². The van der Waals surface area contributed by atoms with Gasteiger partial charge >= 0.3 is 6.03 Å². The average Bonchev–Trinajstić information content (AvgIpc) is 2.95. The number of hydrogen-bond acceptors (Lipinski definition) is 2. The molecule has 2 aliphatic heterocycles. The van der Waals surface area contributed by atoms with Crippen molar-refractivity contribution in [2.24, 2.45) is 0 Å². The molecule has 5 heteroatoms. The van der Waals surface area contributed by atoms with Crippen molar-refractivity contribution < 1.29 is 9.18 Å². The van der Waals surface area contributed by atoms with Gasteiger partial charge in [-0.05, 0) is 69.4 Å². The van der Waals surface area contributed by atoms with Gasteiger partial charge in [0.1, 0.15) is 5.82 Å². The summed E-state index contributed by atoms with van der Waals surface area (Å²) >= 11 is 0. The number of rotatable bonds is 5. The molecular formula is C24H30FN3O. The van der Waals surface area contributed by atoms with Crippen LogP contribution in [0.4, 0.5) is 20.6 Å². The molecule has 2 aliphatic rings. The largest absolute Gasteiger partial charge is 0.343 e. The highest BCUT2D eigenvalue weighted by molar-refractivity contribution is 6.03. The Morgan fingerprint density at radius 2 is 1.72 bits per heavy atom. The second-order valence-electron chi connectivity index (χ2n) is 8.26. The van der Waals surface area contributed by atoms with Crippen LogP contribution in [0, 0.1) is 12.7 Å². The highest BCUT2D eigenvalue weighted by atomic mass is 19.1. The van der Waals surface area contributed by atoms with E-state index in [1.165, 1.54) is 24.1 Å². The van der Waals surface area contributed by atoms with E-state index in [-0.39, 0.29) is 11.8 Å². The predicted molar refractivity (Wildman–Crippen MR) is 116 cm³/mol. The summed E-state index contributed by atoms with van der Waals surface area (Å²) in [4.78, 5) is 15.7. The molecule has 4 nitrogen and oxygen atoms in total. The third-order valence-electron chi connectivity index (χ3n) is 6.14. The highest BCUT2D eigenvalue weighted by Crippen LogP contribution is 2.39. The molecule has 2 saturated heterocycles. The molecule has 2 aromatic carbocycles. The number of amides is 2. The number of anilines is 2. The number of hydrogen-bond donors (Lipinski definition) is 0. The van der Waals surface area contributed by atoms with Crippen LogP contribution in [-0.4, -0.2) is 29.7 Å². The molecule has 2 bridgehead atoms. The van der Waals surface area contributed by atoms with Crippen molar-refractivity contribution in [1.82, 2.24) is 5.01 Å². The summed E-state index contributed by atoms with van der Waals surface area (Å²) in [7, 11) is 0. The summed E-state index contributed by atoms with van der Waals surface area (Å²) in [5.41, 5.74) is 2.66. The smallest absolute Gasteiger partial charge is 0.293 e. The second-order valence-corrected chi connectivity index (χ2v) is 8.26. The normalized spacial score (nSPS) is 21.2. The lowest BCUT2D eigenvalue weighted by atomic mass is 10.0. The molecular weight excluding hydrogens is 365 g/mol. The molecule has 2 atom stereocenters. The molecule has 2 fully saturated rings. The molecule has 0 radical (unpaired) electrons. The standard InChI is InChI=1S/C24H30FN3O/c1-3-16-26(23-9-4-6-19(25)17-23)24(29)28(22-12-10-18(2)11-13-22)27-20-7-5-8-21(27)15-14-20/h4,6,9-13,17,20-21H,3,5,7-8,14-16H2,1-2H3. The van der Waals surface area contributed by atoms with Crippen molar-refractivity contribution in [3.05, 3.63) is 59.9 Å². The highest BCUT2D eigenvalue weighted by Gasteiger charge is 2.43. The molecule has 0 spiro atoms. The number of piperidine rings is 1. The maximum Gasteiger partial charge on any atom is 0.343 e. The first-order valence-electron chi connectivity index (χ1n) is 10.8. The first-order chi connectivity index (χ1) is 14.1. The molecule has 0 aromatic heterocycles. The van der Waals surface area contributed by atoms with E-state index < -0.39 is 0 Å².